The van der Waals surface area contributed by atoms with Crippen molar-refractivity contribution in [3.8, 4) is 44.5 Å². The highest BCUT2D eigenvalue weighted by atomic mass is 14.4. The first kappa shape index (κ1) is 30.2. The summed E-state index contributed by atoms with van der Waals surface area (Å²) in [5.74, 6) is 0. The van der Waals surface area contributed by atoms with Gasteiger partial charge in [0.15, 0.2) is 0 Å². The molecule has 0 amide bonds. The molecule has 1 aliphatic rings. The number of benzene rings is 10. The first-order chi connectivity index (χ1) is 26.1. The van der Waals surface area contributed by atoms with Gasteiger partial charge in [-0.3, -0.25) is 0 Å². The lowest BCUT2D eigenvalue weighted by molar-refractivity contribution is 0.666. The van der Waals surface area contributed by atoms with Crippen LogP contribution in [0.5, 0.6) is 0 Å². The molecule has 248 valence electrons. The summed E-state index contributed by atoms with van der Waals surface area (Å²) in [6, 6.07) is 67.7. The lowest BCUT2D eigenvalue weighted by Crippen LogP contribution is -2.15. The zero-order valence-electron chi connectivity index (χ0n) is 29.8. The fraction of sp³-hybridized carbons (Fsp3) is 0.0566. The van der Waals surface area contributed by atoms with Crippen LogP contribution in [0.15, 0.2) is 182 Å². The Morgan fingerprint density at radius 1 is 0.302 bits per heavy atom. The summed E-state index contributed by atoms with van der Waals surface area (Å²) in [7, 11) is 0. The summed E-state index contributed by atoms with van der Waals surface area (Å²) in [5, 5.41) is 13.0. The molecule has 0 saturated carbocycles. The van der Waals surface area contributed by atoms with E-state index < -0.39 is 0 Å². The molecule has 0 saturated heterocycles. The molecule has 0 N–H and O–H groups in total. The standard InChI is InChI=1S/C53H36/c1-53(2)47-25-13-24-38(50(47)51-41-18-7-5-16-39(41)40-17-6-12-23-46(40)52(51)53)34-27-29-35(30-28-34)48-42-19-8-10-21-44(42)49(45-22-11-9-20-43(45)48)37-31-26-33-14-3-4-15-36(33)32-37/h3-32H,1-2H3. The quantitative estimate of drug-likeness (QED) is 0.129. The van der Waals surface area contributed by atoms with Crippen LogP contribution in [-0.2, 0) is 5.41 Å². The SMILES string of the molecule is CC1(C)c2cccc(-c3ccc(-c4c5ccccc5c(-c5ccc6ccccc6c5)c5ccccc45)cc3)c2-c2c1c1ccccc1c1ccccc21. The van der Waals surface area contributed by atoms with E-state index in [0.717, 1.165) is 0 Å². The molecule has 10 aromatic carbocycles. The van der Waals surface area contributed by atoms with Crippen molar-refractivity contribution in [3.05, 3.63) is 193 Å². The van der Waals surface area contributed by atoms with E-state index in [0.29, 0.717) is 0 Å². The predicted molar refractivity (Wildman–Crippen MR) is 228 cm³/mol. The first-order valence-corrected chi connectivity index (χ1v) is 18.7. The van der Waals surface area contributed by atoms with Gasteiger partial charge >= 0.3 is 0 Å². The van der Waals surface area contributed by atoms with Crippen molar-refractivity contribution in [3.63, 3.8) is 0 Å². The molecule has 0 heteroatoms. The number of hydrogen-bond acceptors (Lipinski definition) is 0. The van der Waals surface area contributed by atoms with E-state index >= 15 is 0 Å². The second kappa shape index (κ2) is 11.2. The molecule has 0 heterocycles. The fourth-order valence-electron chi connectivity index (χ4n) is 9.68. The maximum atomic E-state index is 2.41. The van der Waals surface area contributed by atoms with Gasteiger partial charge in [-0.25, -0.2) is 0 Å². The molecule has 0 spiro atoms. The van der Waals surface area contributed by atoms with Crippen molar-refractivity contribution in [2.45, 2.75) is 19.3 Å². The molecular formula is C53H36. The average Bonchev–Trinajstić information content (AvgIpc) is 3.46. The van der Waals surface area contributed by atoms with Crippen molar-refractivity contribution in [1.82, 2.24) is 0 Å². The van der Waals surface area contributed by atoms with Crippen LogP contribution in [0.2, 0.25) is 0 Å². The maximum absolute atomic E-state index is 2.41. The van der Waals surface area contributed by atoms with Crippen LogP contribution in [0.25, 0.3) is 98.4 Å². The third-order valence-electron chi connectivity index (χ3n) is 12.0. The van der Waals surface area contributed by atoms with Gasteiger partial charge in [-0.15, -0.1) is 0 Å². The Morgan fingerprint density at radius 2 is 0.755 bits per heavy atom. The minimum Gasteiger partial charge on any atom is -0.0616 e. The molecule has 1 aliphatic carbocycles. The molecule has 11 rings (SSSR count). The van der Waals surface area contributed by atoms with Crippen LogP contribution in [0, 0.1) is 0 Å². The van der Waals surface area contributed by atoms with Crippen molar-refractivity contribution in [2.24, 2.45) is 0 Å². The monoisotopic (exact) mass is 672 g/mol. The Kier molecular flexibility index (Phi) is 6.40. The second-order valence-corrected chi connectivity index (χ2v) is 15.2. The van der Waals surface area contributed by atoms with E-state index in [4.69, 9.17) is 0 Å². The van der Waals surface area contributed by atoms with Crippen LogP contribution in [0.4, 0.5) is 0 Å². The van der Waals surface area contributed by atoms with Crippen molar-refractivity contribution in [1.29, 1.82) is 0 Å². The van der Waals surface area contributed by atoms with E-state index in [9.17, 15) is 0 Å². The molecule has 0 aliphatic heterocycles. The number of fused-ring (bicyclic) bond motifs is 11. The fourth-order valence-corrected chi connectivity index (χ4v) is 9.68. The highest BCUT2D eigenvalue weighted by Crippen LogP contribution is 2.57. The second-order valence-electron chi connectivity index (χ2n) is 15.2. The molecule has 0 bridgehead atoms. The molecule has 0 aromatic heterocycles. The summed E-state index contributed by atoms with van der Waals surface area (Å²) in [6.45, 7) is 4.81. The molecule has 0 atom stereocenters. The van der Waals surface area contributed by atoms with Crippen LogP contribution in [0.3, 0.4) is 0 Å². The molecule has 0 fully saturated rings. The molecular weight excluding hydrogens is 637 g/mol. The minimum atomic E-state index is -0.130. The maximum Gasteiger partial charge on any atom is 0.0165 e. The Labute approximate surface area is 309 Å². The third-order valence-corrected chi connectivity index (χ3v) is 12.0. The van der Waals surface area contributed by atoms with E-state index in [1.807, 2.05) is 0 Å². The van der Waals surface area contributed by atoms with Crippen molar-refractivity contribution in [2.75, 3.05) is 0 Å². The summed E-state index contributed by atoms with van der Waals surface area (Å²) in [4.78, 5) is 0. The van der Waals surface area contributed by atoms with E-state index in [1.165, 1.54) is 109 Å². The van der Waals surface area contributed by atoms with Gasteiger partial charge in [0, 0.05) is 5.41 Å². The molecule has 10 aromatic rings. The van der Waals surface area contributed by atoms with E-state index in [1.54, 1.807) is 0 Å². The highest BCUT2D eigenvalue weighted by molar-refractivity contribution is 6.22. The van der Waals surface area contributed by atoms with Gasteiger partial charge in [-0.2, -0.15) is 0 Å². The van der Waals surface area contributed by atoms with Gasteiger partial charge in [0.05, 0.1) is 0 Å². The van der Waals surface area contributed by atoms with Gasteiger partial charge in [0.25, 0.3) is 0 Å². The van der Waals surface area contributed by atoms with Crippen molar-refractivity contribution >= 4 is 53.9 Å². The molecule has 0 nitrogen and oxygen atoms in total. The summed E-state index contributed by atoms with van der Waals surface area (Å²) >= 11 is 0. The summed E-state index contributed by atoms with van der Waals surface area (Å²) in [5.41, 5.74) is 13.1. The highest BCUT2D eigenvalue weighted by Gasteiger charge is 2.39. The van der Waals surface area contributed by atoms with E-state index in [2.05, 4.69) is 196 Å². The van der Waals surface area contributed by atoms with Crippen LogP contribution in [0.1, 0.15) is 25.0 Å². The summed E-state index contributed by atoms with van der Waals surface area (Å²) in [6.07, 6.45) is 0. The zero-order chi connectivity index (χ0) is 35.3. The Hall–Kier alpha value is -6.50. The topological polar surface area (TPSA) is 0 Å². The predicted octanol–water partition coefficient (Wildman–Crippen LogP) is 14.8. The van der Waals surface area contributed by atoms with Crippen LogP contribution < -0.4 is 0 Å². The van der Waals surface area contributed by atoms with Gasteiger partial charge in [0.2, 0.25) is 0 Å². The Balaban J connectivity index is 1.12. The minimum absolute atomic E-state index is 0.130. The lowest BCUT2D eigenvalue weighted by atomic mass is 9.79. The zero-order valence-corrected chi connectivity index (χ0v) is 29.8. The van der Waals surface area contributed by atoms with Crippen molar-refractivity contribution < 1.29 is 0 Å². The third kappa shape index (κ3) is 4.30. The smallest absolute Gasteiger partial charge is 0.0165 e. The molecule has 0 radical (unpaired) electrons. The van der Waals surface area contributed by atoms with E-state index in [-0.39, 0.29) is 5.41 Å². The largest absolute Gasteiger partial charge is 0.0616 e. The Morgan fingerprint density at radius 3 is 1.38 bits per heavy atom. The van der Waals surface area contributed by atoms with Crippen LogP contribution in [-0.4, -0.2) is 0 Å². The average molecular weight is 673 g/mol. The first-order valence-electron chi connectivity index (χ1n) is 18.7. The van der Waals surface area contributed by atoms with Gasteiger partial charge < -0.3 is 0 Å². The van der Waals surface area contributed by atoms with Gasteiger partial charge in [-0.1, -0.05) is 190 Å². The number of rotatable bonds is 3. The normalized spacial score (nSPS) is 13.2. The van der Waals surface area contributed by atoms with Gasteiger partial charge in [0.1, 0.15) is 0 Å². The summed E-state index contributed by atoms with van der Waals surface area (Å²) < 4.78 is 0. The number of hydrogen-bond donors (Lipinski definition) is 0. The van der Waals surface area contributed by atoms with Crippen LogP contribution >= 0.6 is 0 Å². The molecule has 0 unspecified atom stereocenters. The molecule has 53 heavy (non-hydrogen) atoms. The van der Waals surface area contributed by atoms with Gasteiger partial charge in [-0.05, 0) is 116 Å². The Bertz CT molecular complexity index is 3060. The lowest BCUT2D eigenvalue weighted by Gasteiger charge is -2.24.